The van der Waals surface area contributed by atoms with Crippen LogP contribution in [0.5, 0.6) is 0 Å². The van der Waals surface area contributed by atoms with E-state index in [-0.39, 0.29) is 28.7 Å². The quantitative estimate of drug-likeness (QED) is 0.739. The second-order valence-electron chi connectivity index (χ2n) is 8.03. The number of hydrogen-bond donors (Lipinski definition) is 2. The van der Waals surface area contributed by atoms with Crippen LogP contribution in [0.25, 0.3) is 0 Å². The molecule has 3 rings (SSSR count). The Morgan fingerprint density at radius 1 is 1.28 bits per heavy atom. The average molecular weight is 423 g/mol. The maximum absolute atomic E-state index is 12.9. The van der Waals surface area contributed by atoms with Gasteiger partial charge in [-0.3, -0.25) is 9.59 Å². The summed E-state index contributed by atoms with van der Waals surface area (Å²) >= 11 is 0. The van der Waals surface area contributed by atoms with Gasteiger partial charge in [-0.1, -0.05) is 0 Å². The van der Waals surface area contributed by atoms with Gasteiger partial charge in [-0.2, -0.15) is 0 Å². The van der Waals surface area contributed by atoms with Crippen LogP contribution in [-0.2, 0) is 26.0 Å². The molecular formula is C20H30N4O4S. The molecule has 2 aliphatic heterocycles. The molecule has 8 nitrogen and oxygen atoms in total. The standard InChI is InChI=1S/C20H30N4O4S/c1-4-24(3)20(26)15-5-7-16(13-23(2)12-15)22-29(27,28)17-8-9-18-14(11-17)6-10-19(25)21-18/h8-9,11,15-16,22H,4-7,10,12-13H2,1-3H3,(H,21,25)/t15-,16+/m1/s1. The molecule has 0 bridgehead atoms. The van der Waals surface area contributed by atoms with Gasteiger partial charge in [0.1, 0.15) is 0 Å². The van der Waals surface area contributed by atoms with Gasteiger partial charge in [0.2, 0.25) is 21.8 Å². The van der Waals surface area contributed by atoms with Gasteiger partial charge in [-0.05, 0) is 57.0 Å². The van der Waals surface area contributed by atoms with E-state index in [2.05, 4.69) is 10.0 Å². The second-order valence-corrected chi connectivity index (χ2v) is 9.75. The third kappa shape index (κ3) is 5.15. The molecular weight excluding hydrogens is 392 g/mol. The first-order valence-electron chi connectivity index (χ1n) is 10.1. The number of rotatable bonds is 5. The maximum atomic E-state index is 12.9. The maximum Gasteiger partial charge on any atom is 0.240 e. The first-order chi connectivity index (χ1) is 13.7. The SMILES string of the molecule is CCN(C)C(=O)[C@@H]1CC[C@H](NS(=O)(=O)c2ccc3c(c2)CCC(=O)N3)CN(C)C1. The van der Waals surface area contributed by atoms with E-state index in [0.29, 0.717) is 51.0 Å². The number of aryl methyl sites for hydroxylation is 1. The fourth-order valence-corrected chi connectivity index (χ4v) is 5.30. The third-order valence-corrected chi connectivity index (χ3v) is 7.25. The van der Waals surface area contributed by atoms with E-state index < -0.39 is 10.0 Å². The van der Waals surface area contributed by atoms with Crippen molar-refractivity contribution >= 4 is 27.5 Å². The number of carbonyl (C=O) groups is 2. The molecule has 1 aromatic rings. The molecule has 9 heteroatoms. The predicted octanol–water partition coefficient (Wildman–Crippen LogP) is 1.04. The van der Waals surface area contributed by atoms with Crippen molar-refractivity contribution in [1.82, 2.24) is 14.5 Å². The minimum Gasteiger partial charge on any atom is -0.346 e. The smallest absolute Gasteiger partial charge is 0.240 e. The first kappa shape index (κ1) is 21.7. The topological polar surface area (TPSA) is 98.8 Å². The van der Waals surface area contributed by atoms with Crippen molar-refractivity contribution in [2.75, 3.05) is 39.0 Å². The lowest BCUT2D eigenvalue weighted by molar-refractivity contribution is -0.134. The van der Waals surface area contributed by atoms with Crippen LogP contribution in [-0.4, -0.2) is 69.8 Å². The second kappa shape index (κ2) is 8.81. The van der Waals surface area contributed by atoms with E-state index in [0.717, 1.165) is 5.56 Å². The number of likely N-dealkylation sites (N-methyl/N-ethyl adjacent to an activating group) is 1. The molecule has 2 amide bonds. The number of nitrogens with zero attached hydrogens (tertiary/aromatic N) is 2. The van der Waals surface area contributed by atoms with Crippen molar-refractivity contribution in [2.45, 2.75) is 43.5 Å². The fraction of sp³-hybridized carbons (Fsp3) is 0.600. The molecule has 1 saturated heterocycles. The minimum atomic E-state index is -3.69. The number of sulfonamides is 1. The largest absolute Gasteiger partial charge is 0.346 e. The van der Waals surface area contributed by atoms with Crippen molar-refractivity contribution in [3.63, 3.8) is 0 Å². The van der Waals surface area contributed by atoms with Gasteiger partial charge in [0.25, 0.3) is 0 Å². The Labute approximate surface area is 172 Å². The summed E-state index contributed by atoms with van der Waals surface area (Å²) in [5.74, 6) is -0.0584. The number of likely N-dealkylation sites (tertiary alicyclic amines) is 1. The van der Waals surface area contributed by atoms with Gasteiger partial charge in [0.05, 0.1) is 10.8 Å². The molecule has 29 heavy (non-hydrogen) atoms. The highest BCUT2D eigenvalue weighted by atomic mass is 32.2. The van der Waals surface area contributed by atoms with Gasteiger partial charge >= 0.3 is 0 Å². The molecule has 2 atom stereocenters. The molecule has 0 spiro atoms. The van der Waals surface area contributed by atoms with Gasteiger partial charge in [-0.25, -0.2) is 13.1 Å². The van der Waals surface area contributed by atoms with Crippen LogP contribution in [0.3, 0.4) is 0 Å². The molecule has 0 saturated carbocycles. The summed E-state index contributed by atoms with van der Waals surface area (Å²) in [6, 6.07) is 4.55. The summed E-state index contributed by atoms with van der Waals surface area (Å²) in [6.45, 7) is 3.78. The molecule has 2 N–H and O–H groups in total. The summed E-state index contributed by atoms with van der Waals surface area (Å²) < 4.78 is 28.7. The lowest BCUT2D eigenvalue weighted by Gasteiger charge is -2.24. The molecule has 2 heterocycles. The number of hydrogen-bond acceptors (Lipinski definition) is 5. The van der Waals surface area contributed by atoms with Crippen LogP contribution < -0.4 is 10.0 Å². The molecule has 1 fully saturated rings. The van der Waals surface area contributed by atoms with Crippen molar-refractivity contribution in [1.29, 1.82) is 0 Å². The number of carbonyl (C=O) groups excluding carboxylic acids is 2. The summed E-state index contributed by atoms with van der Waals surface area (Å²) in [5, 5.41) is 2.77. The Bertz CT molecular complexity index is 886. The van der Waals surface area contributed by atoms with E-state index in [9.17, 15) is 18.0 Å². The van der Waals surface area contributed by atoms with Crippen molar-refractivity contribution in [3.05, 3.63) is 23.8 Å². The lowest BCUT2D eigenvalue weighted by Crippen LogP contribution is -2.42. The highest BCUT2D eigenvalue weighted by Gasteiger charge is 2.30. The number of nitrogens with one attached hydrogen (secondary N) is 2. The zero-order valence-electron chi connectivity index (χ0n) is 17.3. The third-order valence-electron chi connectivity index (χ3n) is 5.73. The van der Waals surface area contributed by atoms with Crippen molar-refractivity contribution in [2.24, 2.45) is 5.92 Å². The molecule has 0 aromatic heterocycles. The number of fused-ring (bicyclic) bond motifs is 1. The van der Waals surface area contributed by atoms with Crippen LogP contribution in [0, 0.1) is 5.92 Å². The van der Waals surface area contributed by atoms with E-state index in [1.54, 1.807) is 24.1 Å². The Balaban J connectivity index is 1.70. The summed E-state index contributed by atoms with van der Waals surface area (Å²) in [6.07, 6.45) is 2.15. The van der Waals surface area contributed by atoms with Crippen LogP contribution in [0.15, 0.2) is 23.1 Å². The molecule has 2 aliphatic rings. The van der Waals surface area contributed by atoms with E-state index in [1.807, 2.05) is 18.9 Å². The predicted molar refractivity (Wildman–Crippen MR) is 111 cm³/mol. The normalized spacial score (nSPS) is 23.1. The number of amides is 2. The van der Waals surface area contributed by atoms with Crippen molar-refractivity contribution < 1.29 is 18.0 Å². The molecule has 0 unspecified atom stereocenters. The minimum absolute atomic E-state index is 0.0504. The molecule has 0 aliphatic carbocycles. The van der Waals surface area contributed by atoms with Crippen molar-refractivity contribution in [3.8, 4) is 0 Å². The van der Waals surface area contributed by atoms with Gasteiger partial charge in [0, 0.05) is 44.8 Å². The molecule has 1 aromatic carbocycles. The zero-order chi connectivity index (χ0) is 21.2. The van der Waals surface area contributed by atoms with Crippen LogP contribution >= 0.6 is 0 Å². The lowest BCUT2D eigenvalue weighted by atomic mass is 10.0. The van der Waals surface area contributed by atoms with Crippen LogP contribution in [0.1, 0.15) is 31.7 Å². The van der Waals surface area contributed by atoms with E-state index in [4.69, 9.17) is 0 Å². The van der Waals surface area contributed by atoms with Gasteiger partial charge in [0.15, 0.2) is 0 Å². The van der Waals surface area contributed by atoms with Crippen LogP contribution in [0.2, 0.25) is 0 Å². The Hall–Kier alpha value is -1.97. The van der Waals surface area contributed by atoms with Gasteiger partial charge in [-0.15, -0.1) is 0 Å². The fourth-order valence-electron chi connectivity index (χ4n) is 3.99. The monoisotopic (exact) mass is 422 g/mol. The Morgan fingerprint density at radius 3 is 2.76 bits per heavy atom. The summed E-state index contributed by atoms with van der Waals surface area (Å²) in [7, 11) is 0.0247. The average Bonchev–Trinajstić information content (AvgIpc) is 2.86. The molecule has 160 valence electrons. The first-order valence-corrected chi connectivity index (χ1v) is 11.6. The van der Waals surface area contributed by atoms with Gasteiger partial charge < -0.3 is 15.1 Å². The zero-order valence-corrected chi connectivity index (χ0v) is 18.1. The highest BCUT2D eigenvalue weighted by molar-refractivity contribution is 7.89. The Morgan fingerprint density at radius 2 is 2.03 bits per heavy atom. The number of anilines is 1. The Kier molecular flexibility index (Phi) is 6.60. The highest BCUT2D eigenvalue weighted by Crippen LogP contribution is 2.26. The summed E-state index contributed by atoms with van der Waals surface area (Å²) in [4.78, 5) is 28.0. The number of benzene rings is 1. The van der Waals surface area contributed by atoms with E-state index >= 15 is 0 Å². The molecule has 0 radical (unpaired) electrons. The summed E-state index contributed by atoms with van der Waals surface area (Å²) in [5.41, 5.74) is 1.51. The van der Waals surface area contributed by atoms with Crippen LogP contribution in [0.4, 0.5) is 5.69 Å². The van der Waals surface area contributed by atoms with E-state index in [1.165, 1.54) is 6.07 Å².